The van der Waals surface area contributed by atoms with E-state index in [0.29, 0.717) is 0 Å². The van der Waals surface area contributed by atoms with Gasteiger partial charge >= 0.3 is 6.23 Å². The lowest BCUT2D eigenvalue weighted by Crippen LogP contribution is -2.36. The largest absolute Gasteiger partial charge is 0.396 e. The van der Waals surface area contributed by atoms with Crippen LogP contribution in [-0.4, -0.2) is 28.0 Å². The molecule has 1 atom stereocenters. The molecule has 5 nitrogen and oxygen atoms in total. The van der Waals surface area contributed by atoms with E-state index in [1.54, 1.807) is 0 Å². The van der Waals surface area contributed by atoms with Crippen molar-refractivity contribution in [2.24, 2.45) is 5.41 Å². The predicted molar refractivity (Wildman–Crippen MR) is 38.5 cm³/mol. The highest BCUT2D eigenvalue weighted by Crippen LogP contribution is 2.24. The Morgan fingerprint density at radius 1 is 1.64 bits per heavy atom. The molecule has 0 saturated heterocycles. The van der Waals surface area contributed by atoms with E-state index in [1.807, 2.05) is 0 Å². The zero-order valence-electron chi connectivity index (χ0n) is 6.65. The first-order chi connectivity index (χ1) is 4.91. The van der Waals surface area contributed by atoms with E-state index in [2.05, 4.69) is 0 Å². The van der Waals surface area contributed by atoms with Gasteiger partial charge in [-0.1, -0.05) is 13.8 Å². The van der Waals surface area contributed by atoms with Crippen molar-refractivity contribution in [2.45, 2.75) is 26.5 Å². The van der Waals surface area contributed by atoms with E-state index in [9.17, 15) is 10.1 Å². The second kappa shape index (κ2) is 3.64. The third-order valence-corrected chi connectivity index (χ3v) is 1.65. The Kier molecular flexibility index (Phi) is 3.41. The minimum Gasteiger partial charge on any atom is -0.396 e. The highest BCUT2D eigenvalue weighted by molar-refractivity contribution is 4.69. The Morgan fingerprint density at radius 3 is 2.36 bits per heavy atom. The van der Waals surface area contributed by atoms with Crippen molar-refractivity contribution >= 4 is 0 Å². The Hall–Kier alpha value is -0.680. The quantitative estimate of drug-likeness (QED) is 0.347. The van der Waals surface area contributed by atoms with Crippen LogP contribution in [0.2, 0.25) is 0 Å². The number of aliphatic hydroxyl groups is 2. The van der Waals surface area contributed by atoms with Gasteiger partial charge in [-0.2, -0.15) is 0 Å². The second-order valence-corrected chi connectivity index (χ2v) is 3.12. The summed E-state index contributed by atoms with van der Waals surface area (Å²) in [4.78, 5) is 9.34. The molecule has 0 aliphatic heterocycles. The molecule has 0 saturated carbocycles. The molecular formula is C6H13NO4. The van der Waals surface area contributed by atoms with Crippen LogP contribution in [0.1, 0.15) is 20.3 Å². The highest BCUT2D eigenvalue weighted by Gasteiger charge is 2.36. The molecule has 11 heavy (non-hydrogen) atoms. The molecule has 1 unspecified atom stereocenters. The van der Waals surface area contributed by atoms with Crippen LogP contribution in [0.4, 0.5) is 0 Å². The SMILES string of the molecule is CC(C)(CCO)C(O)[N+](=O)[O-]. The second-order valence-electron chi connectivity index (χ2n) is 3.12. The van der Waals surface area contributed by atoms with E-state index in [1.165, 1.54) is 13.8 Å². The Labute approximate surface area is 64.8 Å². The molecule has 5 heteroatoms. The van der Waals surface area contributed by atoms with Crippen molar-refractivity contribution < 1.29 is 15.1 Å². The summed E-state index contributed by atoms with van der Waals surface area (Å²) in [6.45, 7) is 2.92. The molecule has 2 N–H and O–H groups in total. The van der Waals surface area contributed by atoms with E-state index in [4.69, 9.17) is 10.2 Å². The molecular weight excluding hydrogens is 150 g/mol. The lowest BCUT2D eigenvalue weighted by atomic mass is 9.88. The predicted octanol–water partition coefficient (Wildman–Crippen LogP) is -0.00990. The lowest BCUT2D eigenvalue weighted by molar-refractivity contribution is -0.590. The third-order valence-electron chi connectivity index (χ3n) is 1.65. The van der Waals surface area contributed by atoms with Crippen LogP contribution in [0.25, 0.3) is 0 Å². The van der Waals surface area contributed by atoms with Gasteiger partial charge in [-0.25, -0.2) is 0 Å². The molecule has 0 aromatic carbocycles. The molecule has 0 spiro atoms. The van der Waals surface area contributed by atoms with Crippen molar-refractivity contribution in [3.05, 3.63) is 10.1 Å². The zero-order valence-corrected chi connectivity index (χ0v) is 6.65. The topological polar surface area (TPSA) is 83.6 Å². The maximum Gasteiger partial charge on any atom is 0.318 e. The number of nitro groups is 1. The fourth-order valence-electron chi connectivity index (χ4n) is 0.703. The summed E-state index contributed by atoms with van der Waals surface area (Å²) < 4.78 is 0. The first-order valence-electron chi connectivity index (χ1n) is 3.34. The monoisotopic (exact) mass is 163 g/mol. The van der Waals surface area contributed by atoms with E-state index in [0.717, 1.165) is 0 Å². The van der Waals surface area contributed by atoms with Crippen LogP contribution in [0.15, 0.2) is 0 Å². The van der Waals surface area contributed by atoms with Gasteiger partial charge < -0.3 is 10.2 Å². The summed E-state index contributed by atoms with van der Waals surface area (Å²) in [6, 6.07) is 0. The maximum atomic E-state index is 10.1. The molecule has 0 aliphatic carbocycles. The van der Waals surface area contributed by atoms with Crippen molar-refractivity contribution in [1.82, 2.24) is 0 Å². The molecule has 0 bridgehead atoms. The van der Waals surface area contributed by atoms with Crippen molar-refractivity contribution in [3.63, 3.8) is 0 Å². The Morgan fingerprint density at radius 2 is 2.09 bits per heavy atom. The van der Waals surface area contributed by atoms with Crippen molar-refractivity contribution in [3.8, 4) is 0 Å². The third kappa shape index (κ3) is 2.81. The van der Waals surface area contributed by atoms with Crippen LogP contribution < -0.4 is 0 Å². The molecule has 0 rings (SSSR count). The van der Waals surface area contributed by atoms with Gasteiger partial charge in [0.25, 0.3) is 0 Å². The number of hydrogen-bond acceptors (Lipinski definition) is 4. The van der Waals surface area contributed by atoms with Gasteiger partial charge in [0, 0.05) is 6.61 Å². The number of hydrogen-bond donors (Lipinski definition) is 2. The number of rotatable bonds is 4. The Balaban J connectivity index is 4.16. The van der Waals surface area contributed by atoms with Crippen LogP contribution in [0, 0.1) is 15.5 Å². The van der Waals surface area contributed by atoms with Crippen molar-refractivity contribution in [1.29, 1.82) is 0 Å². The Bertz CT molecular complexity index is 146. The number of aliphatic hydroxyl groups excluding tert-OH is 2. The average Bonchev–Trinajstić information content (AvgIpc) is 1.86. The van der Waals surface area contributed by atoms with Crippen LogP contribution in [0.5, 0.6) is 0 Å². The summed E-state index contributed by atoms with van der Waals surface area (Å²) in [5.41, 5.74) is -0.863. The average molecular weight is 163 g/mol. The maximum absolute atomic E-state index is 10.1. The van der Waals surface area contributed by atoms with Gasteiger partial charge in [0.1, 0.15) is 0 Å². The van der Waals surface area contributed by atoms with E-state index in [-0.39, 0.29) is 13.0 Å². The summed E-state index contributed by atoms with van der Waals surface area (Å²) in [7, 11) is 0. The minimum absolute atomic E-state index is 0.155. The number of nitrogens with zero attached hydrogens (tertiary/aromatic N) is 1. The van der Waals surface area contributed by atoms with E-state index < -0.39 is 16.6 Å². The molecule has 0 amide bonds. The molecule has 0 aromatic heterocycles. The molecule has 0 radical (unpaired) electrons. The molecule has 0 heterocycles. The smallest absolute Gasteiger partial charge is 0.318 e. The van der Waals surface area contributed by atoms with E-state index >= 15 is 0 Å². The van der Waals surface area contributed by atoms with Gasteiger partial charge in [0.15, 0.2) is 0 Å². The summed E-state index contributed by atoms with van der Waals surface area (Å²) in [5, 5.41) is 27.6. The molecule has 0 aromatic rings. The standard InChI is InChI=1S/C6H13NO4/c1-6(2,3-4-8)5(9)7(10)11/h5,8-9H,3-4H2,1-2H3. The highest BCUT2D eigenvalue weighted by atomic mass is 16.7. The summed E-state index contributed by atoms with van der Waals surface area (Å²) >= 11 is 0. The van der Waals surface area contributed by atoms with Crippen LogP contribution in [0.3, 0.4) is 0 Å². The minimum atomic E-state index is -1.60. The summed E-state index contributed by atoms with van der Waals surface area (Å²) in [5.74, 6) is 0. The van der Waals surface area contributed by atoms with Crippen LogP contribution in [-0.2, 0) is 0 Å². The van der Waals surface area contributed by atoms with Gasteiger partial charge in [0.05, 0.1) is 10.3 Å². The molecule has 0 aliphatic rings. The van der Waals surface area contributed by atoms with Crippen molar-refractivity contribution in [2.75, 3.05) is 6.61 Å². The first-order valence-corrected chi connectivity index (χ1v) is 3.34. The lowest BCUT2D eigenvalue weighted by Gasteiger charge is -2.22. The van der Waals surface area contributed by atoms with Gasteiger partial charge in [0.2, 0.25) is 0 Å². The fourth-order valence-corrected chi connectivity index (χ4v) is 0.703. The normalized spacial score (nSPS) is 14.5. The van der Waals surface area contributed by atoms with Crippen LogP contribution >= 0.6 is 0 Å². The zero-order chi connectivity index (χ0) is 9.07. The van der Waals surface area contributed by atoms with Gasteiger partial charge in [-0.05, 0) is 6.42 Å². The molecule has 66 valence electrons. The summed E-state index contributed by atoms with van der Waals surface area (Å²) in [6.07, 6.45) is -1.38. The molecule has 0 fully saturated rings. The van der Waals surface area contributed by atoms with Gasteiger partial charge in [-0.3, -0.25) is 10.1 Å². The van der Waals surface area contributed by atoms with Gasteiger partial charge in [-0.15, -0.1) is 0 Å². The fraction of sp³-hybridized carbons (Fsp3) is 1.00. The first kappa shape index (κ1) is 10.3.